The van der Waals surface area contributed by atoms with Gasteiger partial charge >= 0.3 is 0 Å². The van der Waals surface area contributed by atoms with Gasteiger partial charge in [-0.1, -0.05) is 24.3 Å². The Morgan fingerprint density at radius 2 is 1.79 bits per heavy atom. The van der Waals surface area contributed by atoms with E-state index < -0.39 is 0 Å². The van der Waals surface area contributed by atoms with Gasteiger partial charge in [-0.15, -0.1) is 0 Å². The number of anilines is 1. The molecule has 0 spiro atoms. The van der Waals surface area contributed by atoms with Crippen molar-refractivity contribution in [3.63, 3.8) is 0 Å². The van der Waals surface area contributed by atoms with Crippen molar-refractivity contribution in [2.24, 2.45) is 7.05 Å². The van der Waals surface area contributed by atoms with Gasteiger partial charge in [0.25, 0.3) is 0 Å². The van der Waals surface area contributed by atoms with Gasteiger partial charge in [0.1, 0.15) is 0 Å². The number of nitrogens with zero attached hydrogens (tertiary/aromatic N) is 1. The lowest BCUT2D eigenvalue weighted by Crippen LogP contribution is -1.93. The van der Waals surface area contributed by atoms with Gasteiger partial charge in [0.05, 0.1) is 0 Å². The third-order valence-corrected chi connectivity index (χ3v) is 3.75. The highest BCUT2D eigenvalue weighted by Crippen LogP contribution is 2.30. The second-order valence-corrected chi connectivity index (χ2v) is 4.93. The molecule has 0 bridgehead atoms. The molecule has 0 saturated carbocycles. The molecule has 2 nitrogen and oxygen atoms in total. The van der Waals surface area contributed by atoms with Crippen molar-refractivity contribution in [1.29, 1.82) is 0 Å². The van der Waals surface area contributed by atoms with Gasteiger partial charge in [0.15, 0.2) is 0 Å². The molecule has 2 aromatic carbocycles. The molecule has 2 heteroatoms. The molecule has 0 radical (unpaired) electrons. The summed E-state index contributed by atoms with van der Waals surface area (Å²) in [6, 6.07) is 17.3. The van der Waals surface area contributed by atoms with Crippen LogP contribution in [0.3, 0.4) is 0 Å². The molecular formula is C17H18N2. The number of hydrogen-bond donors (Lipinski definition) is 1. The largest absolute Gasteiger partial charge is 0.388 e. The van der Waals surface area contributed by atoms with E-state index in [1.54, 1.807) is 0 Å². The van der Waals surface area contributed by atoms with Gasteiger partial charge in [-0.3, -0.25) is 0 Å². The minimum absolute atomic E-state index is 1.15. The first-order chi connectivity index (χ1) is 9.20. The van der Waals surface area contributed by atoms with Gasteiger partial charge in [-0.05, 0) is 36.8 Å². The van der Waals surface area contributed by atoms with Crippen LogP contribution in [-0.2, 0) is 7.05 Å². The van der Waals surface area contributed by atoms with E-state index in [1.165, 1.54) is 27.7 Å². The molecule has 19 heavy (non-hydrogen) atoms. The first-order valence-electron chi connectivity index (χ1n) is 6.54. The Morgan fingerprint density at radius 1 is 1.00 bits per heavy atom. The van der Waals surface area contributed by atoms with Crippen molar-refractivity contribution in [2.45, 2.75) is 6.92 Å². The highest BCUT2D eigenvalue weighted by atomic mass is 14.9. The number of nitrogens with one attached hydrogen (secondary N) is 1. The lowest BCUT2D eigenvalue weighted by Gasteiger charge is -2.07. The van der Waals surface area contributed by atoms with Crippen molar-refractivity contribution >= 4 is 16.6 Å². The summed E-state index contributed by atoms with van der Waals surface area (Å²) in [5.74, 6) is 0. The monoisotopic (exact) mass is 250 g/mol. The third-order valence-electron chi connectivity index (χ3n) is 3.75. The quantitative estimate of drug-likeness (QED) is 0.721. The lowest BCUT2D eigenvalue weighted by atomic mass is 10.1. The van der Waals surface area contributed by atoms with E-state index in [0.717, 1.165) is 5.69 Å². The van der Waals surface area contributed by atoms with Crippen LogP contribution in [0.25, 0.3) is 22.2 Å². The van der Waals surface area contributed by atoms with E-state index >= 15 is 0 Å². The molecule has 0 unspecified atom stereocenters. The van der Waals surface area contributed by atoms with Crippen LogP contribution in [0.1, 0.15) is 5.56 Å². The van der Waals surface area contributed by atoms with Crippen molar-refractivity contribution in [3.05, 3.63) is 54.1 Å². The standard InChI is InChI=1S/C17H18N2/c1-12-6-4-5-7-15(12)17-11-13-10-14(18-2)8-9-16(13)19(17)3/h4-11,18H,1-3H3. The molecule has 3 rings (SSSR count). The Balaban J connectivity index is 2.25. The number of aryl methyl sites for hydroxylation is 2. The normalized spacial score (nSPS) is 10.9. The first kappa shape index (κ1) is 11.8. The smallest absolute Gasteiger partial charge is 0.0491 e. The predicted octanol–water partition coefficient (Wildman–Crippen LogP) is 4.20. The Labute approximate surface area is 113 Å². The van der Waals surface area contributed by atoms with Gasteiger partial charge in [-0.25, -0.2) is 0 Å². The molecule has 0 amide bonds. The highest BCUT2D eigenvalue weighted by Gasteiger charge is 2.09. The fourth-order valence-electron chi connectivity index (χ4n) is 2.62. The summed E-state index contributed by atoms with van der Waals surface area (Å²) in [7, 11) is 4.08. The zero-order valence-corrected chi connectivity index (χ0v) is 11.6. The van der Waals surface area contributed by atoms with Crippen molar-refractivity contribution in [2.75, 3.05) is 12.4 Å². The molecule has 0 saturated heterocycles. The SMILES string of the molecule is CNc1ccc2c(c1)cc(-c1ccccc1C)n2C. The second-order valence-electron chi connectivity index (χ2n) is 4.93. The van der Waals surface area contributed by atoms with Gasteiger partial charge < -0.3 is 9.88 Å². The summed E-state index contributed by atoms with van der Waals surface area (Å²) >= 11 is 0. The first-order valence-corrected chi connectivity index (χ1v) is 6.54. The summed E-state index contributed by atoms with van der Waals surface area (Å²) in [5.41, 5.74) is 6.28. The lowest BCUT2D eigenvalue weighted by molar-refractivity contribution is 0.976. The third kappa shape index (κ3) is 1.89. The fraction of sp³-hybridized carbons (Fsp3) is 0.176. The predicted molar refractivity (Wildman–Crippen MR) is 82.6 cm³/mol. The van der Waals surface area contributed by atoms with Crippen LogP contribution in [-0.4, -0.2) is 11.6 Å². The number of aromatic nitrogens is 1. The van der Waals surface area contributed by atoms with E-state index in [0.29, 0.717) is 0 Å². The maximum absolute atomic E-state index is 3.19. The van der Waals surface area contributed by atoms with E-state index in [2.05, 4.69) is 72.4 Å². The van der Waals surface area contributed by atoms with Crippen LogP contribution in [0.15, 0.2) is 48.5 Å². The minimum atomic E-state index is 1.15. The van der Waals surface area contributed by atoms with E-state index in [1.807, 2.05) is 7.05 Å². The van der Waals surface area contributed by atoms with Crippen LogP contribution in [0.5, 0.6) is 0 Å². The molecule has 3 aromatic rings. The number of benzene rings is 2. The number of hydrogen-bond acceptors (Lipinski definition) is 1. The second kappa shape index (κ2) is 4.47. The average Bonchev–Trinajstić information content (AvgIpc) is 2.76. The average molecular weight is 250 g/mol. The van der Waals surface area contributed by atoms with Crippen LogP contribution < -0.4 is 5.32 Å². The molecule has 0 fully saturated rings. The Bertz CT molecular complexity index is 738. The zero-order valence-electron chi connectivity index (χ0n) is 11.6. The topological polar surface area (TPSA) is 17.0 Å². The zero-order chi connectivity index (χ0) is 13.4. The van der Waals surface area contributed by atoms with Gasteiger partial charge in [0, 0.05) is 41.9 Å². The summed E-state index contributed by atoms with van der Waals surface area (Å²) in [6.07, 6.45) is 0. The molecule has 96 valence electrons. The maximum Gasteiger partial charge on any atom is 0.0491 e. The van der Waals surface area contributed by atoms with E-state index in [4.69, 9.17) is 0 Å². The van der Waals surface area contributed by atoms with Crippen molar-refractivity contribution in [3.8, 4) is 11.3 Å². The fourth-order valence-corrected chi connectivity index (χ4v) is 2.62. The maximum atomic E-state index is 3.19. The Morgan fingerprint density at radius 3 is 2.53 bits per heavy atom. The molecule has 0 aliphatic heterocycles. The van der Waals surface area contributed by atoms with Crippen molar-refractivity contribution in [1.82, 2.24) is 4.57 Å². The van der Waals surface area contributed by atoms with Gasteiger partial charge in [0.2, 0.25) is 0 Å². The summed E-state index contributed by atoms with van der Waals surface area (Å²) in [5, 5.41) is 4.46. The number of rotatable bonds is 2. The molecule has 1 heterocycles. The molecule has 0 aliphatic rings. The van der Waals surface area contributed by atoms with Crippen LogP contribution >= 0.6 is 0 Å². The summed E-state index contributed by atoms with van der Waals surface area (Å²) in [6.45, 7) is 2.16. The van der Waals surface area contributed by atoms with Crippen LogP contribution in [0, 0.1) is 6.92 Å². The van der Waals surface area contributed by atoms with E-state index in [-0.39, 0.29) is 0 Å². The molecule has 1 aromatic heterocycles. The van der Waals surface area contributed by atoms with Crippen LogP contribution in [0.4, 0.5) is 5.69 Å². The highest BCUT2D eigenvalue weighted by molar-refractivity contribution is 5.89. The molecule has 1 N–H and O–H groups in total. The number of fused-ring (bicyclic) bond motifs is 1. The van der Waals surface area contributed by atoms with Crippen molar-refractivity contribution < 1.29 is 0 Å². The minimum Gasteiger partial charge on any atom is -0.388 e. The molecular weight excluding hydrogens is 232 g/mol. The summed E-state index contributed by atoms with van der Waals surface area (Å²) < 4.78 is 2.26. The van der Waals surface area contributed by atoms with Crippen LogP contribution in [0.2, 0.25) is 0 Å². The summed E-state index contributed by atoms with van der Waals surface area (Å²) in [4.78, 5) is 0. The van der Waals surface area contributed by atoms with Gasteiger partial charge in [-0.2, -0.15) is 0 Å². The molecule has 0 aliphatic carbocycles. The Hall–Kier alpha value is -2.22. The van der Waals surface area contributed by atoms with E-state index in [9.17, 15) is 0 Å². The Kier molecular flexibility index (Phi) is 2.79. The molecule has 0 atom stereocenters.